The number of hydrogen-bond donors (Lipinski definition) is 1. The number of hydrogen-bond acceptors (Lipinski definition) is 4. The standard InChI is InChI=1S/C13H16N2OS/c1(7-14-10-5-6-10)4-13-15-9-11(16-13)12-3-2-8-17-12/h2-3,8-10,14H,1,4-7H2. The molecule has 2 heterocycles. The van der Waals surface area contributed by atoms with Crippen LogP contribution in [0, 0.1) is 0 Å². The Morgan fingerprint density at radius 1 is 1.47 bits per heavy atom. The van der Waals surface area contributed by atoms with Gasteiger partial charge in [0.1, 0.15) is 0 Å². The molecule has 1 N–H and O–H groups in total. The van der Waals surface area contributed by atoms with E-state index in [1.54, 1.807) is 11.3 Å². The maximum absolute atomic E-state index is 5.72. The Labute approximate surface area is 105 Å². The van der Waals surface area contributed by atoms with Crippen LogP contribution in [-0.4, -0.2) is 17.6 Å². The lowest BCUT2D eigenvalue weighted by Gasteiger charge is -1.99. The number of rotatable bonds is 6. The van der Waals surface area contributed by atoms with Gasteiger partial charge in [-0.2, -0.15) is 0 Å². The molecule has 2 aromatic rings. The normalized spacial score (nSPS) is 15.3. The van der Waals surface area contributed by atoms with E-state index in [1.807, 2.05) is 12.3 Å². The molecule has 0 radical (unpaired) electrons. The predicted molar refractivity (Wildman–Crippen MR) is 69.2 cm³/mol. The van der Waals surface area contributed by atoms with Crippen LogP contribution >= 0.6 is 11.3 Å². The number of nitrogens with zero attached hydrogens (tertiary/aromatic N) is 1. The molecule has 1 saturated carbocycles. The van der Waals surface area contributed by atoms with E-state index in [0.717, 1.165) is 42.0 Å². The third-order valence-corrected chi connectivity index (χ3v) is 3.78. The molecule has 0 atom stereocenters. The zero-order chi connectivity index (χ0) is 11.5. The lowest BCUT2D eigenvalue weighted by Crippen LogP contribution is -2.17. The molecule has 0 unspecified atom stereocenters. The van der Waals surface area contributed by atoms with Gasteiger partial charge in [0.15, 0.2) is 11.7 Å². The van der Waals surface area contributed by atoms with Gasteiger partial charge in [0.25, 0.3) is 0 Å². The summed E-state index contributed by atoms with van der Waals surface area (Å²) >= 11 is 1.68. The van der Waals surface area contributed by atoms with Crippen molar-refractivity contribution in [2.75, 3.05) is 6.54 Å². The first kappa shape index (κ1) is 11.0. The summed E-state index contributed by atoms with van der Waals surface area (Å²) in [5, 5.41) is 5.55. The van der Waals surface area contributed by atoms with E-state index in [-0.39, 0.29) is 0 Å². The van der Waals surface area contributed by atoms with E-state index in [2.05, 4.69) is 21.7 Å². The summed E-state index contributed by atoms with van der Waals surface area (Å²) in [5.74, 6) is 1.75. The fourth-order valence-electron chi connectivity index (χ4n) is 1.79. The van der Waals surface area contributed by atoms with Crippen LogP contribution in [0.1, 0.15) is 25.2 Å². The smallest absolute Gasteiger partial charge is 0.194 e. The van der Waals surface area contributed by atoms with Crippen LogP contribution in [0.5, 0.6) is 0 Å². The van der Waals surface area contributed by atoms with E-state index < -0.39 is 0 Å². The Balaban J connectivity index is 1.50. The van der Waals surface area contributed by atoms with Crippen LogP contribution in [0.2, 0.25) is 0 Å². The third-order valence-electron chi connectivity index (χ3n) is 2.90. The van der Waals surface area contributed by atoms with Gasteiger partial charge < -0.3 is 9.73 Å². The Morgan fingerprint density at radius 2 is 2.41 bits per heavy atom. The molecule has 2 aromatic heterocycles. The molecule has 0 aliphatic heterocycles. The summed E-state index contributed by atoms with van der Waals surface area (Å²) in [5.41, 5.74) is 0. The van der Waals surface area contributed by atoms with Crippen molar-refractivity contribution in [1.29, 1.82) is 0 Å². The average molecular weight is 248 g/mol. The molecule has 3 nitrogen and oxygen atoms in total. The molecule has 0 saturated heterocycles. The molecule has 0 amide bonds. The molecule has 4 heteroatoms. The van der Waals surface area contributed by atoms with Gasteiger partial charge in [0.2, 0.25) is 0 Å². The van der Waals surface area contributed by atoms with Crippen molar-refractivity contribution >= 4 is 11.3 Å². The Kier molecular flexibility index (Phi) is 3.25. The van der Waals surface area contributed by atoms with Crippen molar-refractivity contribution in [3.63, 3.8) is 0 Å². The van der Waals surface area contributed by atoms with Crippen LogP contribution in [-0.2, 0) is 6.42 Å². The van der Waals surface area contributed by atoms with Crippen LogP contribution in [0.25, 0.3) is 10.6 Å². The van der Waals surface area contributed by atoms with E-state index in [9.17, 15) is 0 Å². The summed E-state index contributed by atoms with van der Waals surface area (Å²) in [6, 6.07) is 4.88. The summed E-state index contributed by atoms with van der Waals surface area (Å²) in [6.45, 7) is 1.07. The molecule has 3 rings (SSSR count). The highest BCUT2D eigenvalue weighted by atomic mass is 32.1. The van der Waals surface area contributed by atoms with Crippen molar-refractivity contribution in [2.24, 2.45) is 0 Å². The molecule has 0 spiro atoms. The second-order valence-corrected chi connectivity index (χ2v) is 5.38. The first-order chi connectivity index (χ1) is 8.42. The first-order valence-corrected chi connectivity index (χ1v) is 7.02. The zero-order valence-electron chi connectivity index (χ0n) is 9.69. The summed E-state index contributed by atoms with van der Waals surface area (Å²) in [7, 11) is 0. The minimum absolute atomic E-state index is 0.793. The average Bonchev–Trinajstić information content (AvgIpc) is 2.84. The highest BCUT2D eigenvalue weighted by Gasteiger charge is 2.19. The molecule has 0 bridgehead atoms. The molecule has 1 aliphatic carbocycles. The van der Waals surface area contributed by atoms with Crippen LogP contribution < -0.4 is 5.32 Å². The lowest BCUT2D eigenvalue weighted by atomic mass is 10.3. The van der Waals surface area contributed by atoms with E-state index in [0.29, 0.717) is 0 Å². The van der Waals surface area contributed by atoms with Gasteiger partial charge >= 0.3 is 0 Å². The molecule has 17 heavy (non-hydrogen) atoms. The van der Waals surface area contributed by atoms with Gasteiger partial charge in [-0.25, -0.2) is 4.98 Å². The molecule has 1 aliphatic rings. The van der Waals surface area contributed by atoms with Crippen molar-refractivity contribution < 1.29 is 4.42 Å². The molecule has 0 aromatic carbocycles. The van der Waals surface area contributed by atoms with Crippen molar-refractivity contribution in [1.82, 2.24) is 10.3 Å². The Morgan fingerprint density at radius 3 is 3.18 bits per heavy atom. The van der Waals surface area contributed by atoms with Crippen molar-refractivity contribution in [2.45, 2.75) is 31.7 Å². The third kappa shape index (κ3) is 2.96. The number of nitrogens with one attached hydrogen (secondary N) is 1. The molecular formula is C13H16N2OS. The second kappa shape index (κ2) is 5.02. The van der Waals surface area contributed by atoms with Crippen molar-refractivity contribution in [3.05, 3.63) is 29.6 Å². The van der Waals surface area contributed by atoms with Gasteiger partial charge in [-0.15, -0.1) is 11.3 Å². The molecular weight excluding hydrogens is 232 g/mol. The van der Waals surface area contributed by atoms with Crippen molar-refractivity contribution in [3.8, 4) is 10.6 Å². The fourth-order valence-corrected chi connectivity index (χ4v) is 2.46. The highest BCUT2D eigenvalue weighted by molar-refractivity contribution is 7.13. The molecule has 90 valence electrons. The first-order valence-electron chi connectivity index (χ1n) is 6.14. The van der Waals surface area contributed by atoms with Gasteiger partial charge in [-0.05, 0) is 37.3 Å². The largest absolute Gasteiger partial charge is 0.440 e. The van der Waals surface area contributed by atoms with E-state index in [1.165, 1.54) is 12.8 Å². The fraction of sp³-hybridized carbons (Fsp3) is 0.462. The summed E-state index contributed by atoms with van der Waals surface area (Å²) in [6.07, 6.45) is 6.55. The van der Waals surface area contributed by atoms with Crippen LogP contribution in [0.4, 0.5) is 0 Å². The van der Waals surface area contributed by atoms with Crippen LogP contribution in [0.15, 0.2) is 28.1 Å². The minimum atomic E-state index is 0.793. The Hall–Kier alpha value is -1.13. The number of aryl methyl sites for hydroxylation is 1. The van der Waals surface area contributed by atoms with E-state index >= 15 is 0 Å². The predicted octanol–water partition coefficient (Wildman–Crippen LogP) is 3.09. The zero-order valence-corrected chi connectivity index (χ0v) is 10.5. The maximum Gasteiger partial charge on any atom is 0.194 e. The second-order valence-electron chi connectivity index (χ2n) is 4.43. The van der Waals surface area contributed by atoms with Gasteiger partial charge in [-0.1, -0.05) is 6.07 Å². The Bertz CT molecular complexity index is 459. The van der Waals surface area contributed by atoms with Gasteiger partial charge in [0, 0.05) is 12.5 Å². The van der Waals surface area contributed by atoms with Gasteiger partial charge in [0.05, 0.1) is 11.1 Å². The topological polar surface area (TPSA) is 38.1 Å². The summed E-state index contributed by atoms with van der Waals surface area (Å²) in [4.78, 5) is 5.47. The summed E-state index contributed by atoms with van der Waals surface area (Å²) < 4.78 is 5.72. The van der Waals surface area contributed by atoms with Gasteiger partial charge in [-0.3, -0.25) is 0 Å². The van der Waals surface area contributed by atoms with Crippen LogP contribution in [0.3, 0.4) is 0 Å². The maximum atomic E-state index is 5.72. The highest BCUT2D eigenvalue weighted by Crippen LogP contribution is 2.25. The quantitative estimate of drug-likeness (QED) is 0.798. The number of thiophene rings is 1. The lowest BCUT2D eigenvalue weighted by molar-refractivity contribution is 0.492. The molecule has 1 fully saturated rings. The SMILES string of the molecule is c1csc(-c2cnc(CCCNC3CC3)o2)c1. The minimum Gasteiger partial charge on any atom is -0.440 e. The number of aromatic nitrogens is 1. The number of oxazole rings is 1. The van der Waals surface area contributed by atoms with E-state index in [4.69, 9.17) is 4.42 Å². The monoisotopic (exact) mass is 248 g/mol.